The molecule has 1 saturated carbocycles. The van der Waals surface area contributed by atoms with Gasteiger partial charge in [-0.15, -0.1) is 0 Å². The number of aromatic nitrogens is 3. The maximum Gasteiger partial charge on any atom is 0.249 e. The van der Waals surface area contributed by atoms with Gasteiger partial charge in [0.25, 0.3) is 0 Å². The number of carbonyl (C=O) groups excluding carboxylic acids is 1. The fraction of sp³-hybridized carbons (Fsp3) is 0.556. The van der Waals surface area contributed by atoms with Crippen LogP contribution in [0.5, 0.6) is 0 Å². The second kappa shape index (κ2) is 7.74. The van der Waals surface area contributed by atoms with Gasteiger partial charge < -0.3 is 15.6 Å². The van der Waals surface area contributed by atoms with Crippen molar-refractivity contribution in [3.8, 4) is 11.4 Å². The van der Waals surface area contributed by atoms with Crippen molar-refractivity contribution in [2.75, 3.05) is 6.54 Å². The van der Waals surface area contributed by atoms with E-state index in [1.165, 1.54) is 0 Å². The van der Waals surface area contributed by atoms with Crippen molar-refractivity contribution in [1.82, 2.24) is 20.4 Å². The number of pyridine rings is 1. The average Bonchev–Trinajstić information content (AvgIpc) is 3.29. The van der Waals surface area contributed by atoms with Crippen LogP contribution in [-0.2, 0) is 4.79 Å². The largest absolute Gasteiger partial charge is 0.344 e. The van der Waals surface area contributed by atoms with E-state index in [2.05, 4.69) is 20.4 Å². The Kier molecular flexibility index (Phi) is 5.43. The van der Waals surface area contributed by atoms with Crippen LogP contribution in [0.1, 0.15) is 45.0 Å². The minimum Gasteiger partial charge on any atom is -0.344 e. The van der Waals surface area contributed by atoms with E-state index in [4.69, 9.17) is 10.3 Å². The summed E-state index contributed by atoms with van der Waals surface area (Å²) in [5.74, 6) is 1.34. The Morgan fingerprint density at radius 1 is 1.36 bits per heavy atom. The second-order valence-electron chi connectivity index (χ2n) is 6.96. The lowest BCUT2D eigenvalue weighted by molar-refractivity contribution is -0.127. The summed E-state index contributed by atoms with van der Waals surface area (Å²) in [6.45, 7) is 4.60. The third kappa shape index (κ3) is 3.87. The number of carbonyl (C=O) groups is 1. The molecule has 0 spiro atoms. The van der Waals surface area contributed by atoms with E-state index in [-0.39, 0.29) is 29.7 Å². The first-order valence-corrected chi connectivity index (χ1v) is 8.84. The molecule has 134 valence electrons. The van der Waals surface area contributed by atoms with Gasteiger partial charge in [-0.25, -0.2) is 0 Å². The van der Waals surface area contributed by atoms with Crippen molar-refractivity contribution in [3.63, 3.8) is 0 Å². The molecule has 1 aliphatic rings. The number of rotatable bonds is 6. The second-order valence-corrected chi connectivity index (χ2v) is 6.96. The Morgan fingerprint density at radius 3 is 2.80 bits per heavy atom. The monoisotopic (exact) mass is 343 g/mol. The standard InChI is InChI=1S/C18H25N5O2/c1-11(2)15(21-17(24)14-5-3-4-13(14)10-19)18-22-16(23-25-18)12-6-8-20-9-7-12/h6-9,11,13-15H,3-5,10,19H2,1-2H3,(H,21,24)/t13-,14-,15?/m1/s1. The number of amides is 1. The van der Waals surface area contributed by atoms with Crippen molar-refractivity contribution in [1.29, 1.82) is 0 Å². The quantitative estimate of drug-likeness (QED) is 0.833. The molecule has 3 rings (SSSR count). The fourth-order valence-electron chi connectivity index (χ4n) is 3.42. The Balaban J connectivity index is 1.75. The normalized spacial score (nSPS) is 21.4. The molecule has 2 heterocycles. The first-order valence-electron chi connectivity index (χ1n) is 8.84. The Labute approximate surface area is 147 Å². The van der Waals surface area contributed by atoms with Gasteiger partial charge >= 0.3 is 0 Å². The third-order valence-electron chi connectivity index (χ3n) is 4.91. The van der Waals surface area contributed by atoms with Crippen LogP contribution in [0.4, 0.5) is 0 Å². The van der Waals surface area contributed by atoms with Crippen LogP contribution in [0.25, 0.3) is 11.4 Å². The maximum absolute atomic E-state index is 12.7. The van der Waals surface area contributed by atoms with Gasteiger partial charge in [0.2, 0.25) is 17.6 Å². The van der Waals surface area contributed by atoms with Crippen molar-refractivity contribution >= 4 is 5.91 Å². The molecular weight excluding hydrogens is 318 g/mol. The summed E-state index contributed by atoms with van der Waals surface area (Å²) < 4.78 is 5.44. The minimum atomic E-state index is -0.311. The number of nitrogens with two attached hydrogens (primary N) is 1. The molecule has 1 amide bonds. The van der Waals surface area contributed by atoms with Crippen LogP contribution in [-0.4, -0.2) is 27.6 Å². The van der Waals surface area contributed by atoms with Crippen molar-refractivity contribution in [2.24, 2.45) is 23.5 Å². The Bertz CT molecular complexity index is 701. The Hall–Kier alpha value is -2.28. The van der Waals surface area contributed by atoms with Crippen LogP contribution < -0.4 is 11.1 Å². The molecular formula is C18H25N5O2. The number of nitrogens with zero attached hydrogens (tertiary/aromatic N) is 3. The molecule has 1 aliphatic carbocycles. The highest BCUT2D eigenvalue weighted by atomic mass is 16.5. The van der Waals surface area contributed by atoms with E-state index in [0.717, 1.165) is 24.8 Å². The summed E-state index contributed by atoms with van der Waals surface area (Å²) in [4.78, 5) is 21.2. The van der Waals surface area contributed by atoms with Gasteiger partial charge in [-0.3, -0.25) is 9.78 Å². The lowest BCUT2D eigenvalue weighted by Gasteiger charge is -2.23. The predicted molar refractivity (Wildman–Crippen MR) is 93.1 cm³/mol. The van der Waals surface area contributed by atoms with Gasteiger partial charge in [0.1, 0.15) is 6.04 Å². The molecule has 1 unspecified atom stereocenters. The van der Waals surface area contributed by atoms with E-state index in [9.17, 15) is 4.79 Å². The third-order valence-corrected chi connectivity index (χ3v) is 4.91. The van der Waals surface area contributed by atoms with Gasteiger partial charge in [0.15, 0.2) is 0 Å². The zero-order valence-electron chi connectivity index (χ0n) is 14.7. The van der Waals surface area contributed by atoms with Crippen LogP contribution in [0.3, 0.4) is 0 Å². The molecule has 0 saturated heterocycles. The summed E-state index contributed by atoms with van der Waals surface area (Å²) in [6.07, 6.45) is 6.33. The van der Waals surface area contributed by atoms with Gasteiger partial charge in [0, 0.05) is 23.9 Å². The summed E-state index contributed by atoms with van der Waals surface area (Å²) >= 11 is 0. The molecule has 2 aromatic rings. The smallest absolute Gasteiger partial charge is 0.249 e. The summed E-state index contributed by atoms with van der Waals surface area (Å²) in [7, 11) is 0. The fourth-order valence-corrected chi connectivity index (χ4v) is 3.42. The number of hydrogen-bond donors (Lipinski definition) is 2. The zero-order chi connectivity index (χ0) is 17.8. The average molecular weight is 343 g/mol. The maximum atomic E-state index is 12.7. The van der Waals surface area contributed by atoms with E-state index < -0.39 is 0 Å². The lowest BCUT2D eigenvalue weighted by atomic mass is 9.94. The zero-order valence-corrected chi connectivity index (χ0v) is 14.7. The van der Waals surface area contributed by atoms with E-state index >= 15 is 0 Å². The van der Waals surface area contributed by atoms with Crippen molar-refractivity contribution in [2.45, 2.75) is 39.2 Å². The Morgan fingerprint density at radius 2 is 2.12 bits per heavy atom. The highest BCUT2D eigenvalue weighted by Gasteiger charge is 2.34. The molecule has 0 aromatic carbocycles. The highest BCUT2D eigenvalue weighted by Crippen LogP contribution is 2.32. The highest BCUT2D eigenvalue weighted by molar-refractivity contribution is 5.79. The van der Waals surface area contributed by atoms with Gasteiger partial charge in [-0.05, 0) is 43.4 Å². The number of nitrogens with one attached hydrogen (secondary N) is 1. The van der Waals surface area contributed by atoms with Crippen LogP contribution in [0.15, 0.2) is 29.0 Å². The SMILES string of the molecule is CC(C)C(NC(=O)[C@@H]1CCC[C@@H]1CN)c1nc(-c2ccncc2)no1. The molecule has 2 aromatic heterocycles. The van der Waals surface area contributed by atoms with Crippen LogP contribution in [0.2, 0.25) is 0 Å². The van der Waals surface area contributed by atoms with Crippen LogP contribution in [0, 0.1) is 17.8 Å². The van der Waals surface area contributed by atoms with Crippen LogP contribution >= 0.6 is 0 Å². The molecule has 3 N–H and O–H groups in total. The van der Waals surface area contributed by atoms with E-state index in [1.54, 1.807) is 12.4 Å². The topological polar surface area (TPSA) is 107 Å². The number of hydrogen-bond acceptors (Lipinski definition) is 6. The molecule has 0 bridgehead atoms. The molecule has 7 heteroatoms. The van der Waals surface area contributed by atoms with Gasteiger partial charge in [-0.2, -0.15) is 4.98 Å². The molecule has 3 atom stereocenters. The molecule has 1 fully saturated rings. The van der Waals surface area contributed by atoms with Crippen molar-refractivity contribution in [3.05, 3.63) is 30.4 Å². The lowest BCUT2D eigenvalue weighted by Crippen LogP contribution is -2.39. The van der Waals surface area contributed by atoms with E-state index in [1.807, 2.05) is 26.0 Å². The minimum absolute atomic E-state index is 0.0196. The molecule has 0 aliphatic heterocycles. The van der Waals surface area contributed by atoms with Gasteiger partial charge in [0.05, 0.1) is 0 Å². The summed E-state index contributed by atoms with van der Waals surface area (Å²) in [6, 6.07) is 3.33. The van der Waals surface area contributed by atoms with Gasteiger partial charge in [-0.1, -0.05) is 25.4 Å². The van der Waals surface area contributed by atoms with Crippen molar-refractivity contribution < 1.29 is 9.32 Å². The first kappa shape index (κ1) is 17.5. The molecule has 7 nitrogen and oxygen atoms in total. The van der Waals surface area contributed by atoms with E-state index in [0.29, 0.717) is 18.3 Å². The molecule has 0 radical (unpaired) electrons. The summed E-state index contributed by atoms with van der Waals surface area (Å²) in [5.41, 5.74) is 6.64. The summed E-state index contributed by atoms with van der Waals surface area (Å²) in [5, 5.41) is 7.14. The first-order chi connectivity index (χ1) is 12.1. The molecule has 25 heavy (non-hydrogen) atoms. The predicted octanol–water partition coefficient (Wildman–Crippen LogP) is 2.32.